The summed E-state index contributed by atoms with van der Waals surface area (Å²) in [5.41, 5.74) is 4.11. The SMILES string of the molecule is COc1c2c(c(O)c3c1C[C@H]1[C@H]4c5c(O)c6c(c(OC)c5C5(C)C[C@@H]([C@H](C#N)N1[C@H]3CNC(=O)c1ccc3ccccc3n1)N45)CC(C)(C)O6)OC(C)(C)C2. The largest absolute Gasteiger partial charge is 0.504 e. The second-order valence-corrected chi connectivity index (χ2v) is 17.4. The number of methoxy groups -OCH3 is 2. The van der Waals surface area contributed by atoms with Gasteiger partial charge in [0.15, 0.2) is 23.0 Å². The number of fused-ring (bicyclic) bond motifs is 9. The second kappa shape index (κ2) is 11.2. The molecule has 284 valence electrons. The van der Waals surface area contributed by atoms with E-state index in [4.69, 9.17) is 18.9 Å². The summed E-state index contributed by atoms with van der Waals surface area (Å²) in [6.07, 6.45) is 2.18. The number of nitrogens with zero attached hydrogens (tertiary/aromatic N) is 4. The van der Waals surface area contributed by atoms with Crippen LogP contribution < -0.4 is 24.3 Å². The fraction of sp³-hybridized carbons (Fsp3) is 0.465. The molecule has 3 N–H and O–H groups in total. The third kappa shape index (κ3) is 4.45. The van der Waals surface area contributed by atoms with Crippen LogP contribution in [0.25, 0.3) is 10.9 Å². The average molecular weight is 744 g/mol. The van der Waals surface area contributed by atoms with Crippen molar-refractivity contribution in [2.75, 3.05) is 20.8 Å². The lowest BCUT2D eigenvalue weighted by Crippen LogP contribution is -2.75. The number of phenolic OH excluding ortho intramolecular Hbond substituents is 2. The van der Waals surface area contributed by atoms with Crippen LogP contribution in [0.15, 0.2) is 36.4 Å². The molecule has 0 radical (unpaired) electrons. The zero-order valence-electron chi connectivity index (χ0n) is 32.1. The Hall–Kier alpha value is -5.25. The quantitative estimate of drug-likeness (QED) is 0.230. The molecule has 12 nitrogen and oxygen atoms in total. The molecule has 2 fully saturated rings. The molecule has 0 aliphatic carbocycles. The van der Waals surface area contributed by atoms with Crippen LogP contribution in [0.2, 0.25) is 0 Å². The molecule has 2 saturated heterocycles. The van der Waals surface area contributed by atoms with Gasteiger partial charge in [0.1, 0.15) is 34.4 Å². The highest BCUT2D eigenvalue weighted by atomic mass is 16.5. The van der Waals surface area contributed by atoms with E-state index >= 15 is 0 Å². The van der Waals surface area contributed by atoms with E-state index in [2.05, 4.69) is 33.1 Å². The van der Waals surface area contributed by atoms with E-state index in [1.807, 2.05) is 58.0 Å². The van der Waals surface area contributed by atoms with Crippen LogP contribution >= 0.6 is 0 Å². The zero-order chi connectivity index (χ0) is 38.5. The van der Waals surface area contributed by atoms with Crippen LogP contribution in [0.1, 0.15) is 97.0 Å². The van der Waals surface area contributed by atoms with Crippen molar-refractivity contribution in [3.05, 3.63) is 75.5 Å². The topological polar surface area (TPSA) is 150 Å². The summed E-state index contributed by atoms with van der Waals surface area (Å²) in [6, 6.07) is 11.7. The minimum Gasteiger partial charge on any atom is -0.504 e. The van der Waals surface area contributed by atoms with Crippen LogP contribution in [0.3, 0.4) is 0 Å². The Morgan fingerprint density at radius 2 is 1.58 bits per heavy atom. The number of phenols is 2. The zero-order valence-corrected chi connectivity index (χ0v) is 32.1. The van der Waals surface area contributed by atoms with Gasteiger partial charge in [-0.1, -0.05) is 24.3 Å². The summed E-state index contributed by atoms with van der Waals surface area (Å²) in [5.74, 6) is 1.95. The maximum Gasteiger partial charge on any atom is 0.269 e. The van der Waals surface area contributed by atoms with Crippen molar-refractivity contribution in [2.24, 2.45) is 0 Å². The van der Waals surface area contributed by atoms with Crippen LogP contribution in [0.4, 0.5) is 0 Å². The molecule has 1 aromatic heterocycles. The summed E-state index contributed by atoms with van der Waals surface area (Å²) < 4.78 is 25.3. The number of rotatable bonds is 5. The highest BCUT2D eigenvalue weighted by Crippen LogP contribution is 2.70. The van der Waals surface area contributed by atoms with Crippen molar-refractivity contribution in [2.45, 2.75) is 107 Å². The molecule has 55 heavy (non-hydrogen) atoms. The third-order valence-electron chi connectivity index (χ3n) is 13.1. The van der Waals surface area contributed by atoms with Crippen LogP contribution in [0.5, 0.6) is 34.5 Å². The van der Waals surface area contributed by atoms with E-state index in [0.717, 1.165) is 39.0 Å². The molecule has 6 aliphatic rings. The molecule has 7 heterocycles. The lowest BCUT2D eigenvalue weighted by molar-refractivity contribution is -0.179. The maximum atomic E-state index is 13.9. The number of hydrogen-bond acceptors (Lipinski definition) is 11. The van der Waals surface area contributed by atoms with E-state index in [9.17, 15) is 20.3 Å². The van der Waals surface area contributed by atoms with E-state index < -0.39 is 28.8 Å². The number of carbonyl (C=O) groups excluding carboxylic acids is 1. The van der Waals surface area contributed by atoms with Gasteiger partial charge in [-0.3, -0.25) is 14.6 Å². The van der Waals surface area contributed by atoms with E-state index in [1.165, 1.54) is 0 Å². The molecule has 3 aromatic carbocycles. The molecule has 12 heteroatoms. The minimum absolute atomic E-state index is 0.000242. The number of nitrogens with one attached hydrogen (secondary N) is 1. The first-order valence-corrected chi connectivity index (χ1v) is 19.1. The predicted octanol–water partition coefficient (Wildman–Crippen LogP) is 5.74. The number of pyridine rings is 1. The molecule has 1 amide bonds. The van der Waals surface area contributed by atoms with Gasteiger partial charge in [-0.05, 0) is 59.6 Å². The van der Waals surface area contributed by atoms with Gasteiger partial charge in [-0.15, -0.1) is 0 Å². The number of hydrogen-bond donors (Lipinski definition) is 3. The summed E-state index contributed by atoms with van der Waals surface area (Å²) in [7, 11) is 3.31. The number of ether oxygens (including phenoxy) is 4. The number of amides is 1. The smallest absolute Gasteiger partial charge is 0.269 e. The van der Waals surface area contributed by atoms with Crippen molar-refractivity contribution < 1.29 is 34.0 Å². The predicted molar refractivity (Wildman–Crippen MR) is 202 cm³/mol. The standard InChI is InChI=1S/C43H45N5O7/c1-41(2)15-22-36(52-6)21-14-26-33-31-32(37(53-7)23-16-42(3,4)55-39(23)35(31)50)43(5)17-27(48(33)43)28(18-44)47(26)29(30(21)34(49)38(22)54-41)19-45-40(51)25-13-12-20-10-8-9-11-24(20)46-25/h8-13,26-29,33,49-50H,14-17,19H2,1-7H3,(H,45,51)/t26-,27-,28-,29-,33-,43?/m0/s1. The molecule has 1 unspecified atom stereocenters. The Morgan fingerprint density at radius 3 is 2.25 bits per heavy atom. The molecule has 0 spiro atoms. The summed E-state index contributed by atoms with van der Waals surface area (Å²) in [6.45, 7) is 10.2. The number of carbonyl (C=O) groups is 1. The average Bonchev–Trinajstić information content (AvgIpc) is 3.74. The van der Waals surface area contributed by atoms with Crippen molar-refractivity contribution >= 4 is 16.8 Å². The summed E-state index contributed by atoms with van der Waals surface area (Å²) in [5, 5.41) is 39.7. The number of piperazine rings is 1. The minimum atomic E-state index is -0.666. The van der Waals surface area contributed by atoms with Gasteiger partial charge < -0.3 is 34.5 Å². The van der Waals surface area contributed by atoms with Crippen LogP contribution in [0, 0.1) is 11.3 Å². The van der Waals surface area contributed by atoms with Gasteiger partial charge in [-0.2, -0.15) is 5.26 Å². The number of nitriles is 1. The maximum absolute atomic E-state index is 13.9. The van der Waals surface area contributed by atoms with Gasteiger partial charge in [0.2, 0.25) is 0 Å². The third-order valence-corrected chi connectivity index (χ3v) is 13.1. The highest BCUT2D eigenvalue weighted by Gasteiger charge is 2.70. The van der Waals surface area contributed by atoms with Gasteiger partial charge >= 0.3 is 0 Å². The molecule has 6 aliphatic heterocycles. The lowest BCUT2D eigenvalue weighted by Gasteiger charge is -2.65. The Bertz CT molecular complexity index is 2420. The van der Waals surface area contributed by atoms with E-state index in [-0.39, 0.29) is 47.8 Å². The first-order valence-electron chi connectivity index (χ1n) is 19.1. The summed E-state index contributed by atoms with van der Waals surface area (Å²) >= 11 is 0. The fourth-order valence-electron chi connectivity index (χ4n) is 11.2. The van der Waals surface area contributed by atoms with Crippen molar-refractivity contribution in [3.63, 3.8) is 0 Å². The molecule has 0 saturated carbocycles. The fourth-order valence-corrected chi connectivity index (χ4v) is 11.2. The lowest BCUT2D eigenvalue weighted by atomic mass is 9.70. The molecule has 6 atom stereocenters. The summed E-state index contributed by atoms with van der Waals surface area (Å²) in [4.78, 5) is 23.1. The van der Waals surface area contributed by atoms with Gasteiger partial charge in [0.05, 0.1) is 43.4 Å². The van der Waals surface area contributed by atoms with Crippen molar-refractivity contribution in [1.29, 1.82) is 5.26 Å². The number of aromatic hydroxyl groups is 2. The molecule has 4 aromatic rings. The normalized spacial score (nSPS) is 28.6. The highest BCUT2D eigenvalue weighted by molar-refractivity contribution is 5.95. The first-order chi connectivity index (χ1) is 26.2. The molecular formula is C43H45N5O7. The Morgan fingerprint density at radius 1 is 0.927 bits per heavy atom. The van der Waals surface area contributed by atoms with Gasteiger partial charge in [-0.25, -0.2) is 4.98 Å². The van der Waals surface area contributed by atoms with E-state index in [1.54, 1.807) is 20.3 Å². The number of aromatic nitrogens is 1. The second-order valence-electron chi connectivity index (χ2n) is 17.4. The molecule has 10 rings (SSSR count). The molecular weight excluding hydrogens is 699 g/mol. The van der Waals surface area contributed by atoms with Crippen LogP contribution in [-0.4, -0.2) is 81.0 Å². The Kier molecular flexibility index (Phi) is 6.96. The van der Waals surface area contributed by atoms with Crippen LogP contribution in [-0.2, 0) is 24.8 Å². The monoisotopic (exact) mass is 743 g/mol. The number of benzene rings is 3. The Balaban J connectivity index is 1.15. The van der Waals surface area contributed by atoms with Gasteiger partial charge in [0.25, 0.3) is 5.91 Å². The number of para-hydroxylation sites is 1. The van der Waals surface area contributed by atoms with Crippen molar-refractivity contribution in [1.82, 2.24) is 20.1 Å². The van der Waals surface area contributed by atoms with Crippen molar-refractivity contribution in [3.8, 4) is 40.6 Å². The first kappa shape index (κ1) is 34.3. The van der Waals surface area contributed by atoms with Gasteiger partial charge in [0, 0.05) is 70.2 Å². The Labute approximate surface area is 319 Å². The van der Waals surface area contributed by atoms with E-state index in [0.29, 0.717) is 54.0 Å². The molecule has 0 bridgehead atoms.